The molecule has 0 aliphatic carbocycles. The van der Waals surface area contributed by atoms with E-state index >= 15 is 0 Å². The largest absolute Gasteiger partial charge is 0.475 e. The Morgan fingerprint density at radius 3 is 1.73 bits per heavy atom. The van der Waals surface area contributed by atoms with Crippen molar-refractivity contribution in [2.75, 3.05) is 4.90 Å². The van der Waals surface area contributed by atoms with E-state index in [0.29, 0.717) is 4.90 Å². The average Bonchev–Trinajstić information content (AvgIpc) is 2.92. The SMILES string of the molecule is O=C1c2cccc(OC(F)(F)C(F)(F)Br)c2C(=O)N1c1ccc(OC(F)(F)C(F)(F)Br)cc1. The molecule has 33 heavy (non-hydrogen) atoms. The first kappa shape index (κ1) is 25.2. The third-order valence-electron chi connectivity index (χ3n) is 4.12. The zero-order valence-electron chi connectivity index (χ0n) is 15.4. The van der Waals surface area contributed by atoms with Gasteiger partial charge in [0.25, 0.3) is 11.8 Å². The Morgan fingerprint density at radius 1 is 0.697 bits per heavy atom. The molecule has 0 saturated carbocycles. The molecule has 178 valence electrons. The number of amides is 2. The highest BCUT2D eigenvalue weighted by atomic mass is 79.9. The van der Waals surface area contributed by atoms with E-state index in [1.165, 1.54) is 31.9 Å². The Hall–Kier alpha value is -2.42. The Morgan fingerprint density at radius 2 is 1.21 bits per heavy atom. The number of fused-ring (bicyclic) bond motifs is 1. The summed E-state index contributed by atoms with van der Waals surface area (Å²) in [7, 11) is 0. The van der Waals surface area contributed by atoms with Gasteiger partial charge in [-0.1, -0.05) is 6.07 Å². The van der Waals surface area contributed by atoms with Crippen LogP contribution in [0.2, 0.25) is 0 Å². The van der Waals surface area contributed by atoms with Crippen molar-refractivity contribution in [2.45, 2.75) is 21.9 Å². The molecule has 1 heterocycles. The summed E-state index contributed by atoms with van der Waals surface area (Å²) in [6.45, 7) is 0. The number of nitrogens with zero attached hydrogens (tertiary/aromatic N) is 1. The lowest BCUT2D eigenvalue weighted by Gasteiger charge is -2.23. The third-order valence-corrected chi connectivity index (χ3v) is 5.04. The van der Waals surface area contributed by atoms with E-state index in [9.17, 15) is 44.7 Å². The van der Waals surface area contributed by atoms with E-state index in [0.717, 1.165) is 42.5 Å². The number of alkyl halides is 10. The van der Waals surface area contributed by atoms with Crippen molar-refractivity contribution in [1.29, 1.82) is 0 Å². The first-order chi connectivity index (χ1) is 15.0. The number of anilines is 1. The normalized spacial score (nSPS) is 15.0. The van der Waals surface area contributed by atoms with Gasteiger partial charge in [-0.2, -0.15) is 35.1 Å². The minimum Gasteiger partial charge on any atom is -0.427 e. The fourth-order valence-corrected chi connectivity index (χ4v) is 2.80. The maximum Gasteiger partial charge on any atom is 0.475 e. The van der Waals surface area contributed by atoms with E-state index in [1.807, 2.05) is 0 Å². The smallest absolute Gasteiger partial charge is 0.427 e. The fraction of sp³-hybridized carbons (Fsp3) is 0.222. The quantitative estimate of drug-likeness (QED) is 0.206. The molecule has 2 aromatic carbocycles. The van der Waals surface area contributed by atoms with Crippen LogP contribution >= 0.6 is 31.9 Å². The first-order valence-electron chi connectivity index (χ1n) is 8.35. The Bertz CT molecular complexity index is 1100. The topological polar surface area (TPSA) is 55.8 Å². The number of hydrogen-bond donors (Lipinski definition) is 0. The summed E-state index contributed by atoms with van der Waals surface area (Å²) in [5.74, 6) is -4.09. The van der Waals surface area contributed by atoms with Gasteiger partial charge in [-0.25, -0.2) is 4.90 Å². The van der Waals surface area contributed by atoms with Crippen molar-refractivity contribution in [3.63, 3.8) is 0 Å². The number of imide groups is 1. The van der Waals surface area contributed by atoms with Crippen LogP contribution in [0, 0.1) is 0 Å². The maximum atomic E-state index is 13.6. The monoisotopic (exact) mass is 611 g/mol. The second kappa shape index (κ2) is 8.11. The van der Waals surface area contributed by atoms with Crippen LogP contribution in [0.15, 0.2) is 42.5 Å². The number of benzene rings is 2. The molecular formula is C18H7Br2F8NO4. The second-order valence-corrected chi connectivity index (χ2v) is 8.34. The highest BCUT2D eigenvalue weighted by molar-refractivity contribution is 9.10. The van der Waals surface area contributed by atoms with Gasteiger partial charge < -0.3 is 9.47 Å². The van der Waals surface area contributed by atoms with Crippen molar-refractivity contribution < 1.29 is 54.2 Å². The minimum atomic E-state index is -5.10. The maximum absolute atomic E-state index is 13.6. The molecule has 15 heteroatoms. The lowest BCUT2D eigenvalue weighted by Crippen LogP contribution is -2.41. The first-order valence-corrected chi connectivity index (χ1v) is 9.94. The summed E-state index contributed by atoms with van der Waals surface area (Å²) < 4.78 is 114. The van der Waals surface area contributed by atoms with Crippen LogP contribution in [-0.2, 0) is 0 Å². The summed E-state index contributed by atoms with van der Waals surface area (Å²) in [5, 5.41) is 0. The zero-order valence-corrected chi connectivity index (χ0v) is 18.6. The molecule has 0 spiro atoms. The summed E-state index contributed by atoms with van der Waals surface area (Å²) in [5.41, 5.74) is -1.49. The Labute approximate surface area is 195 Å². The molecule has 0 saturated heterocycles. The van der Waals surface area contributed by atoms with Crippen LogP contribution in [0.4, 0.5) is 40.8 Å². The van der Waals surface area contributed by atoms with Gasteiger partial charge in [0.2, 0.25) is 0 Å². The second-order valence-electron chi connectivity index (χ2n) is 6.35. The van der Waals surface area contributed by atoms with Gasteiger partial charge in [-0.15, -0.1) is 0 Å². The molecule has 1 aliphatic rings. The van der Waals surface area contributed by atoms with Crippen LogP contribution in [0.5, 0.6) is 11.5 Å². The van der Waals surface area contributed by atoms with Gasteiger partial charge in [0.15, 0.2) is 0 Å². The molecule has 0 fully saturated rings. The van der Waals surface area contributed by atoms with Crippen LogP contribution in [0.1, 0.15) is 20.7 Å². The standard InChI is InChI=1S/C18H7Br2F8NO4/c19-15(21,22)17(25,26)32-9-6-4-8(5-7-9)29-13(30)10-2-1-3-11(12(10)14(29)31)33-18(27,28)16(20,23)24/h1-7H. The summed E-state index contributed by atoms with van der Waals surface area (Å²) in [6.07, 6.45) is -10.0. The molecule has 1 aliphatic heterocycles. The van der Waals surface area contributed by atoms with Crippen molar-refractivity contribution in [1.82, 2.24) is 0 Å². The van der Waals surface area contributed by atoms with Crippen LogP contribution in [0.25, 0.3) is 0 Å². The number of rotatable bonds is 7. The van der Waals surface area contributed by atoms with E-state index in [-0.39, 0.29) is 5.69 Å². The van der Waals surface area contributed by atoms with Gasteiger partial charge >= 0.3 is 21.9 Å². The van der Waals surface area contributed by atoms with Gasteiger partial charge in [0.1, 0.15) is 11.5 Å². The molecule has 3 rings (SSSR count). The molecule has 0 unspecified atom stereocenters. The average molecular weight is 613 g/mol. The number of carbonyl (C=O) groups is 2. The number of ether oxygens (including phenoxy) is 2. The van der Waals surface area contributed by atoms with Crippen LogP contribution in [0.3, 0.4) is 0 Å². The highest BCUT2D eigenvalue weighted by Crippen LogP contribution is 2.44. The molecule has 2 aromatic rings. The number of halogens is 10. The van der Waals surface area contributed by atoms with E-state index in [4.69, 9.17) is 0 Å². The fourth-order valence-electron chi connectivity index (χ4n) is 2.64. The lowest BCUT2D eigenvalue weighted by molar-refractivity contribution is -0.266. The zero-order chi connectivity index (χ0) is 25.0. The van der Waals surface area contributed by atoms with Gasteiger partial charge in [0.05, 0.1) is 16.8 Å². The summed E-state index contributed by atoms with van der Waals surface area (Å²) in [4.78, 5) is 16.3. The molecule has 0 aromatic heterocycles. The molecule has 0 radical (unpaired) electrons. The summed E-state index contributed by atoms with van der Waals surface area (Å²) >= 11 is 2.94. The van der Waals surface area contributed by atoms with Gasteiger partial charge in [-0.3, -0.25) is 9.59 Å². The number of carbonyl (C=O) groups excluding carboxylic acids is 2. The van der Waals surface area contributed by atoms with Crippen LogP contribution < -0.4 is 14.4 Å². The predicted molar refractivity (Wildman–Crippen MR) is 103 cm³/mol. The Kier molecular flexibility index (Phi) is 6.20. The van der Waals surface area contributed by atoms with Gasteiger partial charge in [-0.05, 0) is 36.4 Å². The van der Waals surface area contributed by atoms with Crippen molar-refractivity contribution >= 4 is 49.4 Å². The molecular weight excluding hydrogens is 606 g/mol. The molecule has 2 amide bonds. The molecule has 5 nitrogen and oxygen atoms in total. The molecule has 0 N–H and O–H groups in total. The molecule has 0 atom stereocenters. The number of hydrogen-bond acceptors (Lipinski definition) is 4. The van der Waals surface area contributed by atoms with E-state index in [1.54, 1.807) is 0 Å². The minimum absolute atomic E-state index is 0.286. The Balaban J connectivity index is 1.91. The highest BCUT2D eigenvalue weighted by Gasteiger charge is 2.59. The van der Waals surface area contributed by atoms with Crippen molar-refractivity contribution in [3.05, 3.63) is 53.6 Å². The predicted octanol–water partition coefficient (Wildman–Crippen LogP) is 6.41. The third kappa shape index (κ3) is 4.65. The van der Waals surface area contributed by atoms with Crippen molar-refractivity contribution in [3.8, 4) is 11.5 Å². The summed E-state index contributed by atoms with van der Waals surface area (Å²) in [6, 6.07) is 6.04. The van der Waals surface area contributed by atoms with Crippen molar-refractivity contribution in [2.24, 2.45) is 0 Å². The lowest BCUT2D eigenvalue weighted by atomic mass is 10.1. The molecule has 0 bridgehead atoms. The van der Waals surface area contributed by atoms with E-state index in [2.05, 4.69) is 9.47 Å². The van der Waals surface area contributed by atoms with Gasteiger partial charge in [0, 0.05) is 31.9 Å². The van der Waals surface area contributed by atoms with Crippen LogP contribution in [-0.4, -0.2) is 33.7 Å². The van der Waals surface area contributed by atoms with E-state index < -0.39 is 56.3 Å².